The second-order valence-corrected chi connectivity index (χ2v) is 4.05. The van der Waals surface area contributed by atoms with E-state index in [0.717, 1.165) is 6.07 Å². The van der Waals surface area contributed by atoms with Crippen molar-refractivity contribution in [2.75, 3.05) is 0 Å². The van der Waals surface area contributed by atoms with E-state index in [4.69, 9.17) is 10.00 Å². The largest absolute Gasteiger partial charge is 0.508 e. The molecular weight excluding hydrogens is 260 g/mol. The van der Waals surface area contributed by atoms with Gasteiger partial charge in [-0.3, -0.25) is 10.1 Å². The third kappa shape index (κ3) is 2.52. The maximum atomic E-state index is 10.7. The van der Waals surface area contributed by atoms with Crippen molar-refractivity contribution in [3.8, 4) is 23.3 Å². The Balaban J connectivity index is 2.42. The lowest BCUT2D eigenvalue weighted by Crippen LogP contribution is -1.93. The summed E-state index contributed by atoms with van der Waals surface area (Å²) in [6, 6.07) is 10.4. The molecule has 2 aromatic carbocycles. The van der Waals surface area contributed by atoms with Gasteiger partial charge in [0.25, 0.3) is 5.69 Å². The van der Waals surface area contributed by atoms with Crippen molar-refractivity contribution >= 4 is 5.69 Å². The molecule has 6 nitrogen and oxygen atoms in total. The van der Waals surface area contributed by atoms with Gasteiger partial charge in [-0.05, 0) is 25.1 Å². The summed E-state index contributed by atoms with van der Waals surface area (Å²) in [5, 5.41) is 29.3. The summed E-state index contributed by atoms with van der Waals surface area (Å²) in [6.07, 6.45) is 0. The molecule has 0 spiro atoms. The lowest BCUT2D eigenvalue weighted by atomic mass is 10.1. The molecule has 20 heavy (non-hydrogen) atoms. The highest BCUT2D eigenvalue weighted by Gasteiger charge is 2.13. The highest BCUT2D eigenvalue weighted by atomic mass is 16.6. The summed E-state index contributed by atoms with van der Waals surface area (Å²) in [5.74, 6) is 0.657. The smallest absolute Gasteiger partial charge is 0.271 e. The summed E-state index contributed by atoms with van der Waals surface area (Å²) in [4.78, 5) is 10.1. The van der Waals surface area contributed by atoms with Gasteiger partial charge in [-0.1, -0.05) is 6.07 Å². The summed E-state index contributed by atoms with van der Waals surface area (Å²) in [7, 11) is 0. The number of nitro benzene ring substituents is 1. The van der Waals surface area contributed by atoms with Crippen molar-refractivity contribution in [1.29, 1.82) is 5.26 Å². The molecule has 0 bridgehead atoms. The first-order chi connectivity index (χ1) is 9.52. The van der Waals surface area contributed by atoms with Gasteiger partial charge in [0.05, 0.1) is 4.92 Å². The number of nitrogens with zero attached hydrogens (tertiary/aromatic N) is 2. The Kier molecular flexibility index (Phi) is 3.53. The topological polar surface area (TPSA) is 96.4 Å². The minimum absolute atomic E-state index is 0.0574. The van der Waals surface area contributed by atoms with Crippen LogP contribution < -0.4 is 4.74 Å². The zero-order valence-corrected chi connectivity index (χ0v) is 10.5. The molecule has 0 fully saturated rings. The van der Waals surface area contributed by atoms with E-state index in [0.29, 0.717) is 11.3 Å². The zero-order valence-electron chi connectivity index (χ0n) is 10.5. The molecule has 0 amide bonds. The van der Waals surface area contributed by atoms with E-state index in [2.05, 4.69) is 0 Å². The molecule has 0 aliphatic rings. The Morgan fingerprint density at radius 3 is 2.70 bits per heavy atom. The molecule has 0 saturated carbocycles. The van der Waals surface area contributed by atoms with Crippen molar-refractivity contribution in [1.82, 2.24) is 0 Å². The Morgan fingerprint density at radius 2 is 2.05 bits per heavy atom. The molecule has 1 N–H and O–H groups in total. The van der Waals surface area contributed by atoms with Crippen LogP contribution in [-0.4, -0.2) is 10.0 Å². The first-order valence-corrected chi connectivity index (χ1v) is 5.68. The van der Waals surface area contributed by atoms with E-state index < -0.39 is 4.92 Å². The van der Waals surface area contributed by atoms with Crippen LogP contribution >= 0.6 is 0 Å². The first kappa shape index (κ1) is 13.4. The van der Waals surface area contributed by atoms with Crippen LogP contribution in [-0.2, 0) is 0 Å². The Morgan fingerprint density at radius 1 is 1.30 bits per heavy atom. The van der Waals surface area contributed by atoms with Gasteiger partial charge in [-0.2, -0.15) is 5.26 Å². The van der Waals surface area contributed by atoms with Gasteiger partial charge >= 0.3 is 0 Å². The summed E-state index contributed by atoms with van der Waals surface area (Å²) in [6.45, 7) is 1.67. The lowest BCUT2D eigenvalue weighted by molar-refractivity contribution is -0.384. The minimum atomic E-state index is -0.579. The minimum Gasteiger partial charge on any atom is -0.508 e. The predicted molar refractivity (Wildman–Crippen MR) is 70.7 cm³/mol. The predicted octanol–water partition coefficient (Wildman–Crippen LogP) is 3.27. The maximum absolute atomic E-state index is 10.7. The number of nitro groups is 1. The van der Waals surface area contributed by atoms with Crippen molar-refractivity contribution in [2.45, 2.75) is 6.92 Å². The SMILES string of the molecule is Cc1c(O)cccc1Oc1ccc([N+](=O)[O-])cc1C#N. The fourth-order valence-electron chi connectivity index (χ4n) is 1.64. The van der Waals surface area contributed by atoms with Gasteiger partial charge in [0.1, 0.15) is 28.9 Å². The van der Waals surface area contributed by atoms with Crippen LogP contribution in [0.15, 0.2) is 36.4 Å². The highest BCUT2D eigenvalue weighted by Crippen LogP contribution is 2.33. The standard InChI is InChI=1S/C14H10N2O4/c1-9-12(17)3-2-4-13(9)20-14-6-5-11(16(18)19)7-10(14)8-15/h2-7,17H,1H3. The quantitative estimate of drug-likeness (QED) is 0.681. The van der Waals surface area contributed by atoms with E-state index in [-0.39, 0.29) is 22.7 Å². The van der Waals surface area contributed by atoms with Gasteiger partial charge in [-0.25, -0.2) is 0 Å². The van der Waals surface area contributed by atoms with Crippen LogP contribution in [0.2, 0.25) is 0 Å². The Bertz CT molecular complexity index is 720. The van der Waals surface area contributed by atoms with Crippen molar-refractivity contribution < 1.29 is 14.8 Å². The molecule has 6 heteroatoms. The van der Waals surface area contributed by atoms with E-state index in [1.54, 1.807) is 19.1 Å². The molecule has 0 saturated heterocycles. The van der Waals surface area contributed by atoms with Gasteiger partial charge in [0.2, 0.25) is 0 Å². The number of phenolic OH excluding ortho intramolecular Hbond substituents is 1. The molecule has 2 rings (SSSR count). The van der Waals surface area contributed by atoms with Gasteiger partial charge < -0.3 is 9.84 Å². The number of hydrogen-bond donors (Lipinski definition) is 1. The van der Waals surface area contributed by atoms with Crippen molar-refractivity contribution in [3.05, 3.63) is 57.6 Å². The van der Waals surface area contributed by atoms with Crippen LogP contribution in [0.5, 0.6) is 17.2 Å². The van der Waals surface area contributed by atoms with Crippen LogP contribution in [0.3, 0.4) is 0 Å². The maximum Gasteiger partial charge on any atom is 0.271 e. The molecule has 0 aromatic heterocycles. The molecule has 0 aliphatic carbocycles. The second-order valence-electron chi connectivity index (χ2n) is 4.05. The van der Waals surface area contributed by atoms with E-state index >= 15 is 0 Å². The van der Waals surface area contributed by atoms with Crippen LogP contribution in [0, 0.1) is 28.4 Å². The molecule has 0 atom stereocenters. The number of benzene rings is 2. The average molecular weight is 270 g/mol. The molecule has 0 heterocycles. The van der Waals surface area contributed by atoms with Gasteiger partial charge in [0, 0.05) is 17.7 Å². The molecule has 0 unspecified atom stereocenters. The van der Waals surface area contributed by atoms with Crippen LogP contribution in [0.25, 0.3) is 0 Å². The molecule has 0 radical (unpaired) electrons. The van der Waals surface area contributed by atoms with Gasteiger partial charge in [0.15, 0.2) is 0 Å². The number of rotatable bonds is 3. The molecule has 2 aromatic rings. The molecule has 0 aliphatic heterocycles. The monoisotopic (exact) mass is 270 g/mol. The number of hydrogen-bond acceptors (Lipinski definition) is 5. The van der Waals surface area contributed by atoms with Crippen molar-refractivity contribution in [3.63, 3.8) is 0 Å². The van der Waals surface area contributed by atoms with E-state index in [1.165, 1.54) is 18.2 Å². The number of nitriles is 1. The summed E-state index contributed by atoms with van der Waals surface area (Å²) >= 11 is 0. The van der Waals surface area contributed by atoms with Gasteiger partial charge in [-0.15, -0.1) is 0 Å². The number of aromatic hydroxyl groups is 1. The van der Waals surface area contributed by atoms with Crippen molar-refractivity contribution in [2.24, 2.45) is 0 Å². The fraction of sp³-hybridized carbons (Fsp3) is 0.0714. The average Bonchev–Trinajstić information content (AvgIpc) is 2.44. The Labute approximate surface area is 114 Å². The highest BCUT2D eigenvalue weighted by molar-refractivity contribution is 5.53. The number of phenols is 1. The van der Waals surface area contributed by atoms with Crippen LogP contribution in [0.1, 0.15) is 11.1 Å². The zero-order chi connectivity index (χ0) is 14.7. The van der Waals surface area contributed by atoms with Crippen LogP contribution in [0.4, 0.5) is 5.69 Å². The second kappa shape index (κ2) is 5.28. The Hall–Kier alpha value is -3.07. The molecular formula is C14H10N2O4. The molecule has 100 valence electrons. The van der Waals surface area contributed by atoms with E-state index in [1.807, 2.05) is 6.07 Å². The number of ether oxygens (including phenoxy) is 1. The third-order valence-corrected chi connectivity index (χ3v) is 2.77. The van der Waals surface area contributed by atoms with E-state index in [9.17, 15) is 15.2 Å². The summed E-state index contributed by atoms with van der Waals surface area (Å²) < 4.78 is 5.54. The third-order valence-electron chi connectivity index (χ3n) is 2.77. The fourth-order valence-corrected chi connectivity index (χ4v) is 1.64. The normalized spacial score (nSPS) is 9.80. The summed E-state index contributed by atoms with van der Waals surface area (Å²) in [5.41, 5.74) is 0.401. The lowest BCUT2D eigenvalue weighted by Gasteiger charge is -2.10. The number of non-ortho nitro benzene ring substituents is 1. The first-order valence-electron chi connectivity index (χ1n) is 5.68.